The third-order valence-electron chi connectivity index (χ3n) is 4.59. The van der Waals surface area contributed by atoms with Crippen LogP contribution >= 0.6 is 0 Å². The van der Waals surface area contributed by atoms with Crippen LogP contribution in [-0.2, 0) is 0 Å². The Balaban J connectivity index is 1.98. The number of carbonyl (C=O) groups excluding carboxylic acids is 3. The maximum atomic E-state index is 13.2. The van der Waals surface area contributed by atoms with Crippen molar-refractivity contribution in [3.8, 4) is 0 Å². The summed E-state index contributed by atoms with van der Waals surface area (Å²) in [4.78, 5) is 37.2. The van der Waals surface area contributed by atoms with E-state index in [1.54, 1.807) is 24.5 Å². The highest BCUT2D eigenvalue weighted by atomic mass is 16.2. The average molecular weight is 344 g/mol. The second kappa shape index (κ2) is 5.81. The van der Waals surface area contributed by atoms with E-state index in [9.17, 15) is 14.4 Å². The van der Waals surface area contributed by atoms with Crippen molar-refractivity contribution in [2.24, 2.45) is 0 Å². The minimum atomic E-state index is -0.336. The van der Waals surface area contributed by atoms with Gasteiger partial charge in [0.25, 0.3) is 0 Å². The molecule has 0 bridgehead atoms. The molecule has 26 heavy (non-hydrogen) atoms. The van der Waals surface area contributed by atoms with Crippen LogP contribution in [-0.4, -0.2) is 26.7 Å². The number of Topliss-reactive ketones (excluding diaryl/α,β-unsaturated/α-hetero) is 2. The second-order valence-electron chi connectivity index (χ2n) is 6.25. The van der Waals surface area contributed by atoms with Crippen LogP contribution in [0.5, 0.6) is 0 Å². The molecular formula is C21H16N2O3. The van der Waals surface area contributed by atoms with E-state index in [1.807, 2.05) is 36.4 Å². The normalized spacial score (nSPS) is 11.2. The maximum absolute atomic E-state index is 13.2. The van der Waals surface area contributed by atoms with E-state index in [1.165, 1.54) is 23.0 Å². The van der Waals surface area contributed by atoms with E-state index in [4.69, 9.17) is 0 Å². The standard InChI is InChI=1S/C21H16N2O3/c1-13(24)17-11-22(19-9-5-3-7-15(17)19)21(26)23-12-18(14(2)25)16-8-4-6-10-20(16)23/h3-12H,1-2H3. The molecule has 0 N–H and O–H groups in total. The number of benzene rings is 2. The molecule has 0 atom stereocenters. The largest absolute Gasteiger partial charge is 0.337 e. The third kappa shape index (κ3) is 2.29. The van der Waals surface area contributed by atoms with Gasteiger partial charge in [0.05, 0.1) is 11.0 Å². The molecule has 0 aliphatic rings. The van der Waals surface area contributed by atoms with E-state index in [0.717, 1.165) is 10.8 Å². The lowest BCUT2D eigenvalue weighted by Crippen LogP contribution is -2.17. The van der Waals surface area contributed by atoms with Crippen molar-refractivity contribution in [2.75, 3.05) is 0 Å². The van der Waals surface area contributed by atoms with Crippen LogP contribution in [0.3, 0.4) is 0 Å². The predicted molar refractivity (Wildman–Crippen MR) is 100 cm³/mol. The van der Waals surface area contributed by atoms with E-state index >= 15 is 0 Å². The predicted octanol–water partition coefficient (Wildman–Crippen LogP) is 4.52. The Bertz CT molecular complexity index is 1120. The lowest BCUT2D eigenvalue weighted by atomic mass is 10.1. The van der Waals surface area contributed by atoms with Gasteiger partial charge in [0, 0.05) is 34.3 Å². The molecule has 4 aromatic rings. The Hall–Kier alpha value is -3.47. The number of carbonyl (C=O) groups is 3. The lowest BCUT2D eigenvalue weighted by Gasteiger charge is -2.06. The van der Waals surface area contributed by atoms with E-state index < -0.39 is 0 Å². The zero-order valence-corrected chi connectivity index (χ0v) is 14.4. The van der Waals surface area contributed by atoms with Crippen molar-refractivity contribution in [1.29, 1.82) is 0 Å². The lowest BCUT2D eigenvalue weighted by molar-refractivity contribution is 0.101. The van der Waals surface area contributed by atoms with Crippen molar-refractivity contribution in [2.45, 2.75) is 13.8 Å². The van der Waals surface area contributed by atoms with Crippen LogP contribution in [0.1, 0.15) is 34.6 Å². The summed E-state index contributed by atoms with van der Waals surface area (Å²) in [6.45, 7) is 2.96. The molecule has 128 valence electrons. The number of fused-ring (bicyclic) bond motifs is 2. The van der Waals surface area contributed by atoms with Crippen LogP contribution in [0.25, 0.3) is 21.8 Å². The first-order chi connectivity index (χ1) is 12.5. The van der Waals surface area contributed by atoms with Crippen molar-refractivity contribution in [1.82, 2.24) is 9.13 Å². The number of hydrogen-bond acceptors (Lipinski definition) is 3. The number of nitrogens with zero attached hydrogens (tertiary/aromatic N) is 2. The highest BCUT2D eigenvalue weighted by molar-refractivity contribution is 6.12. The van der Waals surface area contributed by atoms with Gasteiger partial charge in [-0.1, -0.05) is 36.4 Å². The Morgan fingerprint density at radius 3 is 1.42 bits per heavy atom. The summed E-state index contributed by atoms with van der Waals surface area (Å²) in [5.41, 5.74) is 2.31. The fraction of sp³-hybridized carbons (Fsp3) is 0.0952. The molecular weight excluding hydrogens is 328 g/mol. The van der Waals surface area contributed by atoms with Crippen molar-refractivity contribution >= 4 is 39.4 Å². The monoisotopic (exact) mass is 344 g/mol. The van der Waals surface area contributed by atoms with Gasteiger partial charge >= 0.3 is 6.03 Å². The first-order valence-corrected chi connectivity index (χ1v) is 8.26. The molecule has 4 rings (SSSR count). The number of para-hydroxylation sites is 2. The molecule has 2 heterocycles. The van der Waals surface area contributed by atoms with E-state index in [0.29, 0.717) is 22.2 Å². The molecule has 5 heteroatoms. The topological polar surface area (TPSA) is 61.1 Å². The summed E-state index contributed by atoms with van der Waals surface area (Å²) in [5.74, 6) is -0.205. The average Bonchev–Trinajstić information content (AvgIpc) is 3.20. The Labute approximate surface area is 149 Å². The molecule has 2 aromatic heterocycles. The molecule has 0 saturated heterocycles. The van der Waals surface area contributed by atoms with Gasteiger partial charge in [-0.05, 0) is 26.0 Å². The zero-order valence-electron chi connectivity index (χ0n) is 14.4. The summed E-state index contributed by atoms with van der Waals surface area (Å²) in [5, 5.41) is 1.47. The number of ketones is 2. The minimum absolute atomic E-state index is 0.102. The van der Waals surface area contributed by atoms with Gasteiger partial charge in [0.15, 0.2) is 11.6 Å². The number of hydrogen-bond donors (Lipinski definition) is 0. The maximum Gasteiger partial charge on any atom is 0.337 e. The molecule has 0 amide bonds. The van der Waals surface area contributed by atoms with Crippen LogP contribution < -0.4 is 0 Å². The number of rotatable bonds is 2. The van der Waals surface area contributed by atoms with Gasteiger partial charge in [-0.2, -0.15) is 0 Å². The molecule has 0 aliphatic heterocycles. The highest BCUT2D eigenvalue weighted by Gasteiger charge is 2.20. The van der Waals surface area contributed by atoms with Crippen LogP contribution in [0.4, 0.5) is 4.79 Å². The quantitative estimate of drug-likeness (QED) is 0.502. The van der Waals surface area contributed by atoms with Crippen molar-refractivity contribution < 1.29 is 14.4 Å². The smallest absolute Gasteiger partial charge is 0.294 e. The van der Waals surface area contributed by atoms with Gasteiger partial charge in [0.1, 0.15) is 0 Å². The first kappa shape index (κ1) is 16.0. The summed E-state index contributed by atoms with van der Waals surface area (Å²) in [6, 6.07) is 14.2. The Kier molecular flexibility index (Phi) is 3.58. The first-order valence-electron chi connectivity index (χ1n) is 8.26. The van der Waals surface area contributed by atoms with Crippen LogP contribution in [0.15, 0.2) is 60.9 Å². The summed E-state index contributed by atoms with van der Waals surface area (Å²) in [6.07, 6.45) is 3.13. The molecule has 5 nitrogen and oxygen atoms in total. The molecule has 0 saturated carbocycles. The Morgan fingerprint density at radius 1 is 0.654 bits per heavy atom. The van der Waals surface area contributed by atoms with E-state index in [-0.39, 0.29) is 17.6 Å². The summed E-state index contributed by atoms with van der Waals surface area (Å²) in [7, 11) is 0. The van der Waals surface area contributed by atoms with Crippen molar-refractivity contribution in [3.05, 3.63) is 72.1 Å². The second-order valence-corrected chi connectivity index (χ2v) is 6.25. The highest BCUT2D eigenvalue weighted by Crippen LogP contribution is 2.25. The molecule has 2 aromatic carbocycles. The van der Waals surface area contributed by atoms with Gasteiger partial charge in [-0.15, -0.1) is 0 Å². The molecule has 0 radical (unpaired) electrons. The molecule has 0 unspecified atom stereocenters. The molecule has 0 fully saturated rings. The van der Waals surface area contributed by atoms with Crippen LogP contribution in [0.2, 0.25) is 0 Å². The summed E-state index contributed by atoms with van der Waals surface area (Å²) < 4.78 is 2.92. The van der Waals surface area contributed by atoms with Gasteiger partial charge < -0.3 is 0 Å². The Morgan fingerprint density at radius 2 is 1.04 bits per heavy atom. The molecule has 0 aliphatic carbocycles. The minimum Gasteiger partial charge on any atom is -0.294 e. The van der Waals surface area contributed by atoms with Gasteiger partial charge in [0.2, 0.25) is 0 Å². The number of aromatic nitrogens is 2. The fourth-order valence-corrected chi connectivity index (χ4v) is 3.35. The third-order valence-corrected chi connectivity index (χ3v) is 4.59. The SMILES string of the molecule is CC(=O)c1cn(C(=O)n2cc(C(C)=O)c3ccccc32)c2ccccc12. The zero-order chi connectivity index (χ0) is 18.4. The summed E-state index contributed by atoms with van der Waals surface area (Å²) >= 11 is 0. The van der Waals surface area contributed by atoms with Crippen LogP contribution in [0, 0.1) is 0 Å². The van der Waals surface area contributed by atoms with Gasteiger partial charge in [-0.25, -0.2) is 4.79 Å². The van der Waals surface area contributed by atoms with Gasteiger partial charge in [-0.3, -0.25) is 18.7 Å². The van der Waals surface area contributed by atoms with E-state index in [2.05, 4.69) is 0 Å². The molecule has 0 spiro atoms. The fourth-order valence-electron chi connectivity index (χ4n) is 3.35. The van der Waals surface area contributed by atoms with Crippen molar-refractivity contribution in [3.63, 3.8) is 0 Å².